The van der Waals surface area contributed by atoms with E-state index < -0.39 is 23.7 Å². The maximum Gasteiger partial charge on any atom is 0.257 e. The van der Waals surface area contributed by atoms with Crippen molar-refractivity contribution in [2.24, 2.45) is 5.92 Å². The Kier molecular flexibility index (Phi) is 7.92. The van der Waals surface area contributed by atoms with E-state index in [1.807, 2.05) is 0 Å². The van der Waals surface area contributed by atoms with Crippen molar-refractivity contribution in [1.29, 1.82) is 0 Å². The summed E-state index contributed by atoms with van der Waals surface area (Å²) < 4.78 is 18.5. The second-order valence-corrected chi connectivity index (χ2v) is 7.80. The van der Waals surface area contributed by atoms with E-state index in [4.69, 9.17) is 4.74 Å². The number of methoxy groups -OCH3 is 1. The smallest absolute Gasteiger partial charge is 0.257 e. The Hall–Kier alpha value is -4.27. The predicted molar refractivity (Wildman–Crippen MR) is 126 cm³/mol. The van der Waals surface area contributed by atoms with E-state index in [1.54, 1.807) is 50.4 Å². The lowest BCUT2D eigenvalue weighted by molar-refractivity contribution is -0.118. The molecule has 34 heavy (non-hydrogen) atoms. The fourth-order valence-electron chi connectivity index (χ4n) is 3.14. The summed E-state index contributed by atoms with van der Waals surface area (Å²) in [5.41, 5.74) is 1.47. The molecule has 0 aliphatic heterocycles. The van der Waals surface area contributed by atoms with E-state index in [9.17, 15) is 18.8 Å². The van der Waals surface area contributed by atoms with Crippen molar-refractivity contribution < 1.29 is 23.5 Å². The Morgan fingerprint density at radius 1 is 0.941 bits per heavy atom. The van der Waals surface area contributed by atoms with Crippen LogP contribution in [0, 0.1) is 11.7 Å². The zero-order valence-corrected chi connectivity index (χ0v) is 19.0. The number of carbonyl (C=O) groups excluding carboxylic acids is 3. The monoisotopic (exact) mass is 464 g/mol. The highest BCUT2D eigenvalue weighted by molar-refractivity contribution is 6.05. The van der Waals surface area contributed by atoms with Crippen molar-refractivity contribution in [2.45, 2.75) is 19.9 Å². The molecular formula is C25H25FN4O4. The molecule has 1 unspecified atom stereocenters. The van der Waals surface area contributed by atoms with Crippen molar-refractivity contribution in [3.05, 3.63) is 83.9 Å². The summed E-state index contributed by atoms with van der Waals surface area (Å²) in [5.74, 6) is -1.61. The number of hydrogen-bond acceptors (Lipinski definition) is 5. The van der Waals surface area contributed by atoms with Crippen LogP contribution in [0.5, 0.6) is 5.75 Å². The highest BCUT2D eigenvalue weighted by Crippen LogP contribution is 2.28. The molecule has 0 saturated heterocycles. The van der Waals surface area contributed by atoms with Crippen LogP contribution in [0.4, 0.5) is 15.8 Å². The summed E-state index contributed by atoms with van der Waals surface area (Å²) in [5, 5.41) is 8.20. The number of pyridine rings is 1. The predicted octanol–water partition coefficient (Wildman–Crippen LogP) is 3.87. The average Bonchev–Trinajstić information content (AvgIpc) is 2.83. The number of ether oxygens (including phenoxy) is 1. The molecule has 3 amide bonds. The van der Waals surface area contributed by atoms with Gasteiger partial charge in [-0.25, -0.2) is 4.39 Å². The molecule has 0 fully saturated rings. The Labute approximate surface area is 196 Å². The lowest BCUT2D eigenvalue weighted by Crippen LogP contribution is -2.47. The average molecular weight is 464 g/mol. The van der Waals surface area contributed by atoms with Gasteiger partial charge in [-0.3, -0.25) is 19.4 Å². The van der Waals surface area contributed by atoms with Gasteiger partial charge in [0.05, 0.1) is 18.4 Å². The van der Waals surface area contributed by atoms with E-state index in [0.717, 1.165) is 0 Å². The third-order valence-corrected chi connectivity index (χ3v) is 4.98. The van der Waals surface area contributed by atoms with Crippen molar-refractivity contribution in [3.8, 4) is 5.75 Å². The summed E-state index contributed by atoms with van der Waals surface area (Å²) in [6, 6.07) is 12.3. The Morgan fingerprint density at radius 3 is 2.29 bits per heavy atom. The standard InChI is InChI=1S/C25H25FN4O4/c1-15(2)22(30-23(31)16-6-8-18(26)9-7-16)25(33)28-19-10-11-20(21(13-19)34-3)29-24(32)17-5-4-12-27-14-17/h4-15,22H,1-3H3,(H,28,33)(H,29,32)(H,30,31). The SMILES string of the molecule is COc1cc(NC(=O)C(NC(=O)c2ccc(F)cc2)C(C)C)ccc1NC(=O)c1cccnc1. The van der Waals surface area contributed by atoms with Gasteiger partial charge in [-0.15, -0.1) is 0 Å². The molecule has 3 rings (SSSR count). The van der Waals surface area contributed by atoms with Gasteiger partial charge in [-0.05, 0) is 54.4 Å². The van der Waals surface area contributed by atoms with Crippen LogP contribution in [0.3, 0.4) is 0 Å². The van der Waals surface area contributed by atoms with E-state index in [1.165, 1.54) is 37.6 Å². The second kappa shape index (κ2) is 11.0. The minimum absolute atomic E-state index is 0.218. The number of nitrogens with one attached hydrogen (secondary N) is 3. The largest absolute Gasteiger partial charge is 0.494 e. The molecule has 0 aliphatic rings. The van der Waals surface area contributed by atoms with Gasteiger partial charge in [0.15, 0.2) is 0 Å². The number of aromatic nitrogens is 1. The van der Waals surface area contributed by atoms with E-state index >= 15 is 0 Å². The second-order valence-electron chi connectivity index (χ2n) is 7.80. The molecule has 0 bridgehead atoms. The van der Waals surface area contributed by atoms with Gasteiger partial charge in [-0.2, -0.15) is 0 Å². The fraction of sp³-hybridized carbons (Fsp3) is 0.200. The van der Waals surface area contributed by atoms with Crippen LogP contribution in [0.15, 0.2) is 67.0 Å². The number of rotatable bonds is 8. The van der Waals surface area contributed by atoms with Crippen LogP contribution in [0.2, 0.25) is 0 Å². The van der Waals surface area contributed by atoms with Gasteiger partial charge in [0.25, 0.3) is 11.8 Å². The van der Waals surface area contributed by atoms with Crippen LogP contribution >= 0.6 is 0 Å². The molecular weight excluding hydrogens is 439 g/mol. The van der Waals surface area contributed by atoms with Crippen molar-refractivity contribution >= 4 is 29.1 Å². The van der Waals surface area contributed by atoms with Crippen LogP contribution in [0.25, 0.3) is 0 Å². The summed E-state index contributed by atoms with van der Waals surface area (Å²) in [4.78, 5) is 41.8. The van der Waals surface area contributed by atoms with Crippen molar-refractivity contribution in [1.82, 2.24) is 10.3 Å². The number of nitrogens with zero attached hydrogens (tertiary/aromatic N) is 1. The summed E-state index contributed by atoms with van der Waals surface area (Å²) in [6.45, 7) is 3.60. The molecule has 3 aromatic rings. The summed E-state index contributed by atoms with van der Waals surface area (Å²) in [7, 11) is 1.44. The van der Waals surface area contributed by atoms with E-state index in [2.05, 4.69) is 20.9 Å². The molecule has 176 valence electrons. The lowest BCUT2D eigenvalue weighted by atomic mass is 10.0. The third-order valence-electron chi connectivity index (χ3n) is 4.98. The molecule has 0 saturated carbocycles. The number of hydrogen-bond donors (Lipinski definition) is 3. The van der Waals surface area contributed by atoms with E-state index in [0.29, 0.717) is 22.7 Å². The minimum Gasteiger partial charge on any atom is -0.494 e. The molecule has 1 heterocycles. The highest BCUT2D eigenvalue weighted by Gasteiger charge is 2.25. The normalized spacial score (nSPS) is 11.4. The molecule has 0 spiro atoms. The molecule has 9 heteroatoms. The fourth-order valence-corrected chi connectivity index (χ4v) is 3.14. The van der Waals surface area contributed by atoms with Crippen LogP contribution < -0.4 is 20.7 Å². The first-order valence-corrected chi connectivity index (χ1v) is 10.5. The van der Waals surface area contributed by atoms with Crippen LogP contribution in [-0.2, 0) is 4.79 Å². The van der Waals surface area contributed by atoms with Crippen molar-refractivity contribution in [2.75, 3.05) is 17.7 Å². The van der Waals surface area contributed by atoms with E-state index in [-0.39, 0.29) is 17.4 Å². The first kappa shape index (κ1) is 24.4. The van der Waals surface area contributed by atoms with Gasteiger partial charge in [0.1, 0.15) is 17.6 Å². The van der Waals surface area contributed by atoms with Gasteiger partial charge < -0.3 is 20.7 Å². The topological polar surface area (TPSA) is 109 Å². The van der Waals surface area contributed by atoms with Gasteiger partial charge >= 0.3 is 0 Å². The number of benzene rings is 2. The zero-order valence-electron chi connectivity index (χ0n) is 19.0. The van der Waals surface area contributed by atoms with Gasteiger partial charge in [0.2, 0.25) is 5.91 Å². The zero-order chi connectivity index (χ0) is 24.7. The number of amides is 3. The van der Waals surface area contributed by atoms with Crippen LogP contribution in [-0.4, -0.2) is 35.9 Å². The Bertz CT molecular complexity index is 1170. The molecule has 2 aromatic carbocycles. The minimum atomic E-state index is -0.839. The number of anilines is 2. The Morgan fingerprint density at radius 2 is 1.68 bits per heavy atom. The maximum atomic E-state index is 13.1. The van der Waals surface area contributed by atoms with Gasteiger partial charge in [-0.1, -0.05) is 13.8 Å². The first-order valence-electron chi connectivity index (χ1n) is 10.5. The maximum absolute atomic E-state index is 13.1. The molecule has 3 N–H and O–H groups in total. The highest BCUT2D eigenvalue weighted by atomic mass is 19.1. The molecule has 0 radical (unpaired) electrons. The number of halogens is 1. The first-order chi connectivity index (χ1) is 16.3. The third kappa shape index (κ3) is 6.16. The summed E-state index contributed by atoms with van der Waals surface area (Å²) >= 11 is 0. The molecule has 0 aliphatic carbocycles. The summed E-state index contributed by atoms with van der Waals surface area (Å²) in [6.07, 6.45) is 3.02. The lowest BCUT2D eigenvalue weighted by Gasteiger charge is -2.22. The van der Waals surface area contributed by atoms with Crippen molar-refractivity contribution in [3.63, 3.8) is 0 Å². The molecule has 1 atom stereocenters. The molecule has 1 aromatic heterocycles. The van der Waals surface area contributed by atoms with Crippen LogP contribution in [0.1, 0.15) is 34.6 Å². The van der Waals surface area contributed by atoms with Gasteiger partial charge in [0, 0.05) is 29.7 Å². The number of carbonyl (C=O) groups is 3. The Balaban J connectivity index is 1.71. The molecule has 8 nitrogen and oxygen atoms in total. The quantitative estimate of drug-likeness (QED) is 0.469.